The van der Waals surface area contributed by atoms with Crippen LogP contribution in [0.25, 0.3) is 10.9 Å². The summed E-state index contributed by atoms with van der Waals surface area (Å²) in [7, 11) is 0. The Bertz CT molecular complexity index is 555. The van der Waals surface area contributed by atoms with Gasteiger partial charge in [0.2, 0.25) is 0 Å². The number of aryl methyl sites for hydroxylation is 1. The van der Waals surface area contributed by atoms with E-state index in [1.54, 1.807) is 6.20 Å². The van der Waals surface area contributed by atoms with Crippen molar-refractivity contribution >= 4 is 39.8 Å². The third-order valence-corrected chi connectivity index (χ3v) is 2.97. The number of fused-ring (bicyclic) bond motifs is 1. The molecule has 0 fully saturated rings. The van der Waals surface area contributed by atoms with E-state index in [-0.39, 0.29) is 10.7 Å². The van der Waals surface area contributed by atoms with E-state index in [1.165, 1.54) is 6.07 Å². The summed E-state index contributed by atoms with van der Waals surface area (Å²) in [5.41, 5.74) is 6.63. The second-order valence-electron chi connectivity index (χ2n) is 3.24. The van der Waals surface area contributed by atoms with Gasteiger partial charge in [0.05, 0.1) is 21.2 Å². The minimum atomic E-state index is -0.656. The summed E-state index contributed by atoms with van der Waals surface area (Å²) < 4.78 is 13.4. The molecule has 0 radical (unpaired) electrons. The highest BCUT2D eigenvalue weighted by molar-refractivity contribution is 6.38. The summed E-state index contributed by atoms with van der Waals surface area (Å²) >= 11 is 11.7. The Hall–Kier alpha value is -1.06. The summed E-state index contributed by atoms with van der Waals surface area (Å²) in [6, 6.07) is 1.44. The Morgan fingerprint density at radius 3 is 2.73 bits per heavy atom. The van der Waals surface area contributed by atoms with Gasteiger partial charge in [-0.15, -0.1) is 0 Å². The van der Waals surface area contributed by atoms with E-state index in [0.717, 1.165) is 5.56 Å². The van der Waals surface area contributed by atoms with Crippen molar-refractivity contribution in [3.8, 4) is 0 Å². The van der Waals surface area contributed by atoms with Crippen LogP contribution in [0.15, 0.2) is 12.3 Å². The molecule has 2 N–H and O–H groups in total. The standard InChI is InChI=1S/C10H7Cl2FN2/c1-4-3-15-10-5(7(4)12)2-6(11)8(13)9(10)14/h2-3H,14H2,1H3. The SMILES string of the molecule is Cc1cnc2c(N)c(F)c(Cl)cc2c1Cl. The van der Waals surface area contributed by atoms with Crippen LogP contribution >= 0.6 is 23.2 Å². The molecule has 0 aliphatic carbocycles. The van der Waals surface area contributed by atoms with Crippen LogP contribution in [0.4, 0.5) is 10.1 Å². The molecular formula is C10H7Cl2FN2. The van der Waals surface area contributed by atoms with Crippen molar-refractivity contribution in [2.75, 3.05) is 5.73 Å². The molecule has 0 bridgehead atoms. The first-order valence-corrected chi connectivity index (χ1v) is 4.96. The van der Waals surface area contributed by atoms with E-state index in [2.05, 4.69) is 4.98 Å². The van der Waals surface area contributed by atoms with Gasteiger partial charge in [-0.3, -0.25) is 4.98 Å². The highest BCUT2D eigenvalue weighted by Crippen LogP contribution is 2.33. The monoisotopic (exact) mass is 244 g/mol. The molecule has 5 heteroatoms. The topological polar surface area (TPSA) is 38.9 Å². The molecule has 1 aromatic heterocycles. The minimum Gasteiger partial charge on any atom is -0.395 e. The van der Waals surface area contributed by atoms with Crippen LogP contribution in [-0.2, 0) is 0 Å². The van der Waals surface area contributed by atoms with E-state index in [9.17, 15) is 4.39 Å². The molecule has 2 aromatic rings. The van der Waals surface area contributed by atoms with E-state index in [0.29, 0.717) is 15.9 Å². The smallest absolute Gasteiger partial charge is 0.166 e. The molecule has 78 valence electrons. The van der Waals surface area contributed by atoms with Crippen LogP contribution in [0.1, 0.15) is 5.56 Å². The highest BCUT2D eigenvalue weighted by atomic mass is 35.5. The molecule has 2 nitrogen and oxygen atoms in total. The number of hydrogen-bond acceptors (Lipinski definition) is 2. The van der Waals surface area contributed by atoms with Crippen LogP contribution in [0.3, 0.4) is 0 Å². The van der Waals surface area contributed by atoms with Gasteiger partial charge in [0.25, 0.3) is 0 Å². The predicted octanol–water partition coefficient (Wildman–Crippen LogP) is 3.57. The lowest BCUT2D eigenvalue weighted by Crippen LogP contribution is -1.96. The Morgan fingerprint density at radius 1 is 1.40 bits per heavy atom. The number of nitrogens with zero attached hydrogens (tertiary/aromatic N) is 1. The number of hydrogen-bond donors (Lipinski definition) is 1. The van der Waals surface area contributed by atoms with Crippen LogP contribution in [0, 0.1) is 12.7 Å². The minimum absolute atomic E-state index is 0.0469. The number of rotatable bonds is 0. The van der Waals surface area contributed by atoms with Crippen LogP contribution in [-0.4, -0.2) is 4.98 Å². The third-order valence-electron chi connectivity index (χ3n) is 2.20. The maximum atomic E-state index is 13.4. The van der Waals surface area contributed by atoms with Gasteiger partial charge in [-0.1, -0.05) is 23.2 Å². The summed E-state index contributed by atoms with van der Waals surface area (Å²) in [5.74, 6) is -0.656. The van der Waals surface area contributed by atoms with Crippen LogP contribution in [0.5, 0.6) is 0 Å². The molecule has 1 heterocycles. The average Bonchev–Trinajstić information content (AvgIpc) is 2.21. The number of aromatic nitrogens is 1. The first-order chi connectivity index (χ1) is 7.02. The summed E-state index contributed by atoms with van der Waals surface area (Å²) in [4.78, 5) is 4.03. The highest BCUT2D eigenvalue weighted by Gasteiger charge is 2.13. The number of anilines is 1. The zero-order valence-corrected chi connectivity index (χ0v) is 9.33. The maximum absolute atomic E-state index is 13.4. The van der Waals surface area contributed by atoms with Gasteiger partial charge in [-0.05, 0) is 18.6 Å². The third kappa shape index (κ3) is 1.52. The zero-order chi connectivity index (χ0) is 11.2. The molecule has 0 atom stereocenters. The van der Waals surface area contributed by atoms with Crippen molar-refractivity contribution in [1.82, 2.24) is 4.98 Å². The zero-order valence-electron chi connectivity index (χ0n) is 7.81. The molecular weight excluding hydrogens is 238 g/mol. The van der Waals surface area contributed by atoms with Crippen molar-refractivity contribution in [2.24, 2.45) is 0 Å². The molecule has 0 aliphatic rings. The number of halogens is 3. The lowest BCUT2D eigenvalue weighted by atomic mass is 10.1. The first-order valence-electron chi connectivity index (χ1n) is 4.20. The summed E-state index contributed by atoms with van der Waals surface area (Å²) in [5, 5.41) is 1.02. The van der Waals surface area contributed by atoms with Gasteiger partial charge in [-0.25, -0.2) is 4.39 Å². The number of pyridine rings is 1. The van der Waals surface area contributed by atoms with Crippen molar-refractivity contribution < 1.29 is 4.39 Å². The first kappa shape index (κ1) is 10.5. The van der Waals surface area contributed by atoms with Gasteiger partial charge in [0.15, 0.2) is 5.82 Å². The van der Waals surface area contributed by atoms with Gasteiger partial charge in [-0.2, -0.15) is 0 Å². The number of nitrogens with two attached hydrogens (primary N) is 1. The van der Waals surface area contributed by atoms with Gasteiger partial charge < -0.3 is 5.73 Å². The molecule has 0 unspecified atom stereocenters. The molecule has 0 saturated carbocycles. The lowest BCUT2D eigenvalue weighted by molar-refractivity contribution is 0.634. The fraction of sp³-hybridized carbons (Fsp3) is 0.100. The van der Waals surface area contributed by atoms with Crippen molar-refractivity contribution in [2.45, 2.75) is 6.92 Å². The van der Waals surface area contributed by atoms with E-state index in [1.807, 2.05) is 6.92 Å². The summed E-state index contributed by atoms with van der Waals surface area (Å²) in [6.07, 6.45) is 1.55. The predicted molar refractivity (Wildman–Crippen MR) is 60.9 cm³/mol. The quantitative estimate of drug-likeness (QED) is 0.720. The molecule has 2 rings (SSSR count). The second-order valence-corrected chi connectivity index (χ2v) is 4.02. The van der Waals surface area contributed by atoms with Crippen molar-refractivity contribution in [3.05, 3.63) is 33.7 Å². The van der Waals surface area contributed by atoms with Crippen molar-refractivity contribution in [3.63, 3.8) is 0 Å². The fourth-order valence-electron chi connectivity index (χ4n) is 1.37. The van der Waals surface area contributed by atoms with E-state index in [4.69, 9.17) is 28.9 Å². The molecule has 0 spiro atoms. The second kappa shape index (κ2) is 3.51. The number of benzene rings is 1. The largest absolute Gasteiger partial charge is 0.395 e. The molecule has 0 amide bonds. The Balaban J connectivity index is 2.98. The lowest BCUT2D eigenvalue weighted by Gasteiger charge is -2.07. The number of nitrogen functional groups attached to an aromatic ring is 1. The van der Waals surface area contributed by atoms with Gasteiger partial charge in [0, 0.05) is 11.6 Å². The van der Waals surface area contributed by atoms with Gasteiger partial charge >= 0.3 is 0 Å². The summed E-state index contributed by atoms with van der Waals surface area (Å²) in [6.45, 7) is 1.81. The molecule has 0 aliphatic heterocycles. The van der Waals surface area contributed by atoms with Crippen molar-refractivity contribution in [1.29, 1.82) is 0 Å². The van der Waals surface area contributed by atoms with Crippen LogP contribution in [0.2, 0.25) is 10.0 Å². The average molecular weight is 245 g/mol. The molecule has 0 saturated heterocycles. The van der Waals surface area contributed by atoms with Gasteiger partial charge in [0.1, 0.15) is 0 Å². The maximum Gasteiger partial charge on any atom is 0.166 e. The van der Waals surface area contributed by atoms with E-state index < -0.39 is 5.82 Å². The normalized spacial score (nSPS) is 10.9. The molecule has 1 aromatic carbocycles. The van der Waals surface area contributed by atoms with Crippen LogP contribution < -0.4 is 5.73 Å². The fourth-order valence-corrected chi connectivity index (χ4v) is 1.78. The molecule has 15 heavy (non-hydrogen) atoms. The Labute approximate surface area is 95.8 Å². The van der Waals surface area contributed by atoms with E-state index >= 15 is 0 Å². The Morgan fingerprint density at radius 2 is 2.07 bits per heavy atom. The Kier molecular flexibility index (Phi) is 2.44.